The molecule has 0 saturated carbocycles. The van der Waals surface area contributed by atoms with E-state index in [9.17, 15) is 0 Å². The summed E-state index contributed by atoms with van der Waals surface area (Å²) in [6.45, 7) is 8.54. The van der Waals surface area contributed by atoms with Gasteiger partial charge in [-0.25, -0.2) is 0 Å². The third kappa shape index (κ3) is 6.65. The van der Waals surface area contributed by atoms with Gasteiger partial charge in [-0.05, 0) is 53.4 Å². The Morgan fingerprint density at radius 1 is 1.08 bits per heavy atom. The molecule has 0 spiro atoms. The summed E-state index contributed by atoms with van der Waals surface area (Å²) in [5.41, 5.74) is 2.67. The Kier molecular flexibility index (Phi) is 6.44. The SMILES string of the molecule is CC/C=C(C)/C=C(C)/C=C(/C)I. The van der Waals surface area contributed by atoms with E-state index in [2.05, 4.69) is 68.5 Å². The summed E-state index contributed by atoms with van der Waals surface area (Å²) in [5.74, 6) is 0. The molecule has 0 heterocycles. The average Bonchev–Trinajstić information content (AvgIpc) is 1.84. The van der Waals surface area contributed by atoms with Crippen LogP contribution in [-0.4, -0.2) is 0 Å². The van der Waals surface area contributed by atoms with E-state index >= 15 is 0 Å². The van der Waals surface area contributed by atoms with Gasteiger partial charge in [0.2, 0.25) is 0 Å². The normalized spacial score (nSPS) is 15.2. The van der Waals surface area contributed by atoms with E-state index in [0.29, 0.717) is 0 Å². The van der Waals surface area contributed by atoms with Crippen molar-refractivity contribution in [2.24, 2.45) is 0 Å². The van der Waals surface area contributed by atoms with E-state index < -0.39 is 0 Å². The van der Waals surface area contributed by atoms with E-state index in [1.165, 1.54) is 14.7 Å². The van der Waals surface area contributed by atoms with Gasteiger partial charge < -0.3 is 0 Å². The summed E-state index contributed by atoms with van der Waals surface area (Å²) in [4.78, 5) is 0. The van der Waals surface area contributed by atoms with Crippen LogP contribution in [0.5, 0.6) is 0 Å². The van der Waals surface area contributed by atoms with Crippen molar-refractivity contribution in [3.05, 3.63) is 33.0 Å². The molecule has 12 heavy (non-hydrogen) atoms. The highest BCUT2D eigenvalue weighted by atomic mass is 127. The molecule has 0 nitrogen and oxygen atoms in total. The third-order valence-electron chi connectivity index (χ3n) is 1.41. The van der Waals surface area contributed by atoms with Crippen molar-refractivity contribution >= 4 is 22.6 Å². The van der Waals surface area contributed by atoms with Gasteiger partial charge in [0, 0.05) is 0 Å². The number of halogens is 1. The van der Waals surface area contributed by atoms with Gasteiger partial charge in [0.1, 0.15) is 0 Å². The number of rotatable bonds is 3. The van der Waals surface area contributed by atoms with Crippen LogP contribution in [0.2, 0.25) is 0 Å². The van der Waals surface area contributed by atoms with Crippen LogP contribution < -0.4 is 0 Å². The lowest BCUT2D eigenvalue weighted by atomic mass is 10.1. The molecule has 0 atom stereocenters. The van der Waals surface area contributed by atoms with Crippen LogP contribution in [0.25, 0.3) is 0 Å². The number of hydrogen-bond donors (Lipinski definition) is 0. The minimum absolute atomic E-state index is 1.11. The van der Waals surface area contributed by atoms with E-state index in [1.54, 1.807) is 0 Å². The van der Waals surface area contributed by atoms with Crippen molar-refractivity contribution in [2.75, 3.05) is 0 Å². The van der Waals surface area contributed by atoms with Crippen LogP contribution >= 0.6 is 22.6 Å². The summed E-state index contributed by atoms with van der Waals surface area (Å²) >= 11 is 2.33. The topological polar surface area (TPSA) is 0 Å². The lowest BCUT2D eigenvalue weighted by Crippen LogP contribution is -1.73. The van der Waals surface area contributed by atoms with E-state index in [0.717, 1.165) is 6.42 Å². The van der Waals surface area contributed by atoms with Gasteiger partial charge in [-0.1, -0.05) is 36.3 Å². The molecule has 0 unspecified atom stereocenters. The lowest BCUT2D eigenvalue weighted by Gasteiger charge is -1.94. The standard InChI is InChI=1S/C11H17I/c1-5-6-9(2)7-10(3)8-11(4)12/h6-8H,5H2,1-4H3/b9-6+,10-7+,11-8-. The Labute approximate surface area is 89.6 Å². The molecule has 0 aliphatic rings. The molecular weight excluding hydrogens is 259 g/mol. The first-order valence-electron chi connectivity index (χ1n) is 4.25. The van der Waals surface area contributed by atoms with E-state index in [1.807, 2.05) is 0 Å². The maximum absolute atomic E-state index is 2.33. The molecule has 0 aliphatic carbocycles. The van der Waals surface area contributed by atoms with Gasteiger partial charge in [-0.3, -0.25) is 0 Å². The Hall–Kier alpha value is -0.0500. The predicted octanol–water partition coefficient (Wildman–Crippen LogP) is 4.63. The molecule has 0 N–H and O–H groups in total. The average molecular weight is 276 g/mol. The number of hydrogen-bond acceptors (Lipinski definition) is 0. The third-order valence-corrected chi connectivity index (χ3v) is 1.72. The van der Waals surface area contributed by atoms with Gasteiger partial charge in [0.25, 0.3) is 0 Å². The summed E-state index contributed by atoms with van der Waals surface area (Å²) in [6.07, 6.45) is 7.75. The fraction of sp³-hybridized carbons (Fsp3) is 0.455. The van der Waals surface area contributed by atoms with Crippen molar-refractivity contribution in [3.8, 4) is 0 Å². The highest BCUT2D eigenvalue weighted by Crippen LogP contribution is 2.10. The molecular formula is C11H17I. The minimum Gasteiger partial charge on any atom is -0.0819 e. The lowest BCUT2D eigenvalue weighted by molar-refractivity contribution is 1.19. The van der Waals surface area contributed by atoms with Gasteiger partial charge in [0.15, 0.2) is 0 Å². The molecule has 0 saturated heterocycles. The molecule has 0 amide bonds. The Balaban J connectivity index is 4.36. The summed E-state index contributed by atoms with van der Waals surface area (Å²) in [6, 6.07) is 0. The first kappa shape index (κ1) is 11.9. The maximum Gasteiger partial charge on any atom is -0.0122 e. The van der Waals surface area contributed by atoms with Crippen LogP contribution in [0.4, 0.5) is 0 Å². The van der Waals surface area contributed by atoms with Crippen molar-refractivity contribution < 1.29 is 0 Å². The van der Waals surface area contributed by atoms with Crippen LogP contribution in [-0.2, 0) is 0 Å². The Bertz CT molecular complexity index is 215. The monoisotopic (exact) mass is 276 g/mol. The zero-order valence-electron chi connectivity index (χ0n) is 8.32. The molecule has 1 heteroatoms. The second-order valence-corrected chi connectivity index (χ2v) is 4.68. The summed E-state index contributed by atoms with van der Waals surface area (Å²) in [5, 5.41) is 0. The molecule has 0 fully saturated rings. The Morgan fingerprint density at radius 2 is 1.67 bits per heavy atom. The van der Waals surface area contributed by atoms with E-state index in [-0.39, 0.29) is 0 Å². The van der Waals surface area contributed by atoms with Crippen molar-refractivity contribution in [1.82, 2.24) is 0 Å². The second-order valence-electron chi connectivity index (χ2n) is 2.98. The van der Waals surface area contributed by atoms with Crippen LogP contribution in [0, 0.1) is 0 Å². The minimum atomic E-state index is 1.11. The molecule has 0 aromatic carbocycles. The first-order chi connectivity index (χ1) is 5.56. The van der Waals surface area contributed by atoms with Crippen LogP contribution in [0.1, 0.15) is 34.1 Å². The zero-order chi connectivity index (χ0) is 9.56. The highest BCUT2D eigenvalue weighted by Gasteiger charge is 1.85. The van der Waals surface area contributed by atoms with Crippen LogP contribution in [0.3, 0.4) is 0 Å². The van der Waals surface area contributed by atoms with Gasteiger partial charge in [-0.15, -0.1) is 0 Å². The number of allylic oxidation sites excluding steroid dienone is 6. The molecule has 0 bridgehead atoms. The smallest absolute Gasteiger partial charge is 0.0122 e. The molecule has 0 aliphatic heterocycles. The summed E-state index contributed by atoms with van der Waals surface area (Å²) < 4.78 is 1.32. The maximum atomic E-state index is 2.33. The first-order valence-corrected chi connectivity index (χ1v) is 5.33. The van der Waals surface area contributed by atoms with Gasteiger partial charge in [-0.2, -0.15) is 0 Å². The van der Waals surface area contributed by atoms with Gasteiger partial charge in [0.05, 0.1) is 0 Å². The summed E-state index contributed by atoms with van der Waals surface area (Å²) in [7, 11) is 0. The van der Waals surface area contributed by atoms with Crippen LogP contribution in [0.15, 0.2) is 33.0 Å². The van der Waals surface area contributed by atoms with E-state index in [4.69, 9.17) is 0 Å². The van der Waals surface area contributed by atoms with Crippen molar-refractivity contribution in [2.45, 2.75) is 34.1 Å². The molecule has 0 radical (unpaired) electrons. The fourth-order valence-corrected chi connectivity index (χ4v) is 1.59. The molecule has 0 aromatic rings. The van der Waals surface area contributed by atoms with Crippen molar-refractivity contribution in [3.63, 3.8) is 0 Å². The van der Waals surface area contributed by atoms with Crippen molar-refractivity contribution in [1.29, 1.82) is 0 Å². The predicted molar refractivity (Wildman–Crippen MR) is 65.6 cm³/mol. The Morgan fingerprint density at radius 3 is 2.08 bits per heavy atom. The van der Waals surface area contributed by atoms with Gasteiger partial charge >= 0.3 is 0 Å². The quantitative estimate of drug-likeness (QED) is 0.521. The largest absolute Gasteiger partial charge is 0.0819 e. The highest BCUT2D eigenvalue weighted by molar-refractivity contribution is 14.1. The molecule has 68 valence electrons. The molecule has 0 aromatic heterocycles. The fourth-order valence-electron chi connectivity index (χ4n) is 1.10. The zero-order valence-corrected chi connectivity index (χ0v) is 10.5. The molecule has 0 rings (SSSR count). The second kappa shape index (κ2) is 6.46.